The third-order valence-electron chi connectivity index (χ3n) is 1.47. The number of hydrogen-bond donors (Lipinski definition) is 0. The van der Waals surface area contributed by atoms with Crippen molar-refractivity contribution >= 4 is 6.29 Å². The monoisotopic (exact) mass is 153 g/mol. The molecule has 1 heterocycles. The summed E-state index contributed by atoms with van der Waals surface area (Å²) in [5.74, 6) is 1.26. The van der Waals surface area contributed by atoms with Crippen LogP contribution in [0.1, 0.15) is 41.9 Å². The van der Waals surface area contributed by atoms with Crippen molar-refractivity contribution in [3.05, 3.63) is 17.3 Å². The molecule has 3 heteroatoms. The van der Waals surface area contributed by atoms with Crippen molar-refractivity contribution < 1.29 is 9.21 Å². The highest BCUT2D eigenvalue weighted by Gasteiger charge is 2.11. The van der Waals surface area contributed by atoms with Gasteiger partial charge in [0.25, 0.3) is 5.89 Å². The topological polar surface area (TPSA) is 43.1 Å². The maximum atomic E-state index is 10.2. The zero-order chi connectivity index (χ0) is 8.43. The molecule has 1 rings (SSSR count). The van der Waals surface area contributed by atoms with Crippen molar-refractivity contribution in [3.63, 3.8) is 0 Å². The quantitative estimate of drug-likeness (QED) is 0.609. The molecule has 0 spiro atoms. The number of rotatable bonds is 2. The van der Waals surface area contributed by atoms with Gasteiger partial charge in [0.1, 0.15) is 5.76 Å². The first kappa shape index (κ1) is 7.98. The van der Waals surface area contributed by atoms with Crippen LogP contribution in [0.5, 0.6) is 0 Å². The molecule has 60 valence electrons. The van der Waals surface area contributed by atoms with E-state index in [0.29, 0.717) is 6.29 Å². The Morgan fingerprint density at radius 2 is 2.18 bits per heavy atom. The summed E-state index contributed by atoms with van der Waals surface area (Å²) in [6.07, 6.45) is 0.624. The summed E-state index contributed by atoms with van der Waals surface area (Å²) in [6, 6.07) is 0. The fourth-order valence-corrected chi connectivity index (χ4v) is 1.02. The lowest BCUT2D eigenvalue weighted by molar-refractivity contribution is 0.109. The molecule has 1 aromatic rings. The molecule has 0 atom stereocenters. The Morgan fingerprint density at radius 3 is 2.45 bits per heavy atom. The van der Waals surface area contributed by atoms with Gasteiger partial charge in [-0.1, -0.05) is 13.8 Å². The van der Waals surface area contributed by atoms with Crippen molar-refractivity contribution in [2.75, 3.05) is 0 Å². The highest BCUT2D eigenvalue weighted by molar-refractivity contribution is 5.67. The Balaban J connectivity index is 3.06. The van der Waals surface area contributed by atoms with Crippen LogP contribution in [0.4, 0.5) is 0 Å². The van der Waals surface area contributed by atoms with Crippen molar-refractivity contribution in [2.24, 2.45) is 0 Å². The smallest absolute Gasteiger partial charge is 0.260 e. The van der Waals surface area contributed by atoms with E-state index in [0.717, 1.165) is 11.5 Å². The van der Waals surface area contributed by atoms with E-state index < -0.39 is 0 Å². The van der Waals surface area contributed by atoms with E-state index in [2.05, 4.69) is 4.98 Å². The first-order valence-electron chi connectivity index (χ1n) is 3.57. The van der Waals surface area contributed by atoms with Gasteiger partial charge in [0.15, 0.2) is 0 Å². The average molecular weight is 153 g/mol. The SMILES string of the molecule is Cc1nc(C=O)oc1C(C)C. The van der Waals surface area contributed by atoms with Gasteiger partial charge >= 0.3 is 0 Å². The van der Waals surface area contributed by atoms with Gasteiger partial charge in [-0.2, -0.15) is 0 Å². The predicted molar refractivity (Wildman–Crippen MR) is 40.7 cm³/mol. The second-order valence-corrected chi connectivity index (χ2v) is 2.77. The maximum Gasteiger partial charge on any atom is 0.260 e. The summed E-state index contributed by atoms with van der Waals surface area (Å²) in [7, 11) is 0. The molecule has 0 bridgehead atoms. The molecular weight excluding hydrogens is 142 g/mol. The van der Waals surface area contributed by atoms with Gasteiger partial charge in [-0.05, 0) is 6.92 Å². The first-order valence-corrected chi connectivity index (χ1v) is 3.57. The van der Waals surface area contributed by atoms with Gasteiger partial charge in [-0.15, -0.1) is 0 Å². The van der Waals surface area contributed by atoms with Crippen molar-refractivity contribution in [1.29, 1.82) is 0 Å². The second kappa shape index (κ2) is 2.86. The number of hydrogen-bond acceptors (Lipinski definition) is 3. The van der Waals surface area contributed by atoms with Gasteiger partial charge in [0.05, 0.1) is 5.69 Å². The van der Waals surface area contributed by atoms with E-state index in [1.54, 1.807) is 0 Å². The number of aldehydes is 1. The third kappa shape index (κ3) is 1.48. The van der Waals surface area contributed by atoms with Gasteiger partial charge in [0.2, 0.25) is 6.29 Å². The summed E-state index contributed by atoms with van der Waals surface area (Å²) >= 11 is 0. The van der Waals surface area contributed by atoms with Crippen molar-refractivity contribution in [2.45, 2.75) is 26.7 Å². The lowest BCUT2D eigenvalue weighted by Crippen LogP contribution is -1.86. The van der Waals surface area contributed by atoms with Crippen LogP contribution >= 0.6 is 0 Å². The van der Waals surface area contributed by atoms with Crippen LogP contribution in [0.25, 0.3) is 0 Å². The van der Waals surface area contributed by atoms with Crippen LogP contribution in [0.3, 0.4) is 0 Å². The number of oxazole rings is 1. The van der Waals surface area contributed by atoms with E-state index >= 15 is 0 Å². The highest BCUT2D eigenvalue weighted by atomic mass is 16.4. The molecule has 0 fully saturated rings. The fourth-order valence-electron chi connectivity index (χ4n) is 1.02. The molecule has 0 aliphatic rings. The number of carbonyl (C=O) groups is 1. The predicted octanol–water partition coefficient (Wildman–Crippen LogP) is 1.92. The van der Waals surface area contributed by atoms with E-state index in [-0.39, 0.29) is 11.8 Å². The third-order valence-corrected chi connectivity index (χ3v) is 1.47. The molecular formula is C8H11NO2. The van der Waals surface area contributed by atoms with Crippen molar-refractivity contribution in [3.8, 4) is 0 Å². The zero-order valence-corrected chi connectivity index (χ0v) is 6.92. The molecule has 3 nitrogen and oxygen atoms in total. The number of carbonyl (C=O) groups excluding carboxylic acids is 1. The molecule has 0 aliphatic heterocycles. The second-order valence-electron chi connectivity index (χ2n) is 2.77. The maximum absolute atomic E-state index is 10.2. The number of nitrogens with zero attached hydrogens (tertiary/aromatic N) is 1. The van der Waals surface area contributed by atoms with Crippen LogP contribution in [0.2, 0.25) is 0 Å². The largest absolute Gasteiger partial charge is 0.439 e. The Morgan fingerprint density at radius 1 is 1.55 bits per heavy atom. The van der Waals surface area contributed by atoms with Gasteiger partial charge in [0, 0.05) is 5.92 Å². The van der Waals surface area contributed by atoms with E-state index in [9.17, 15) is 4.79 Å². The minimum absolute atomic E-state index is 0.172. The molecule has 0 aliphatic carbocycles. The minimum atomic E-state index is 0.172. The van der Waals surface area contributed by atoms with Gasteiger partial charge in [-0.3, -0.25) is 4.79 Å². The molecule has 0 N–H and O–H groups in total. The molecule has 0 radical (unpaired) electrons. The van der Waals surface area contributed by atoms with Crippen LogP contribution in [0, 0.1) is 6.92 Å². The number of aryl methyl sites for hydroxylation is 1. The number of aromatic nitrogens is 1. The summed E-state index contributed by atoms with van der Waals surface area (Å²) in [6.45, 7) is 5.84. The first-order chi connectivity index (χ1) is 5.15. The molecule has 0 aromatic carbocycles. The Kier molecular flexibility index (Phi) is 2.08. The molecule has 0 amide bonds. The summed E-state index contributed by atoms with van der Waals surface area (Å²) < 4.78 is 5.15. The lowest BCUT2D eigenvalue weighted by Gasteiger charge is -1.97. The van der Waals surface area contributed by atoms with E-state index in [1.807, 2.05) is 20.8 Å². The molecule has 0 unspecified atom stereocenters. The van der Waals surface area contributed by atoms with Crippen LogP contribution in [-0.4, -0.2) is 11.3 Å². The summed E-state index contributed by atoms with van der Waals surface area (Å²) in [4.78, 5) is 14.2. The van der Waals surface area contributed by atoms with Crippen LogP contribution in [0.15, 0.2) is 4.42 Å². The lowest BCUT2D eigenvalue weighted by atomic mass is 10.1. The van der Waals surface area contributed by atoms with Gasteiger partial charge < -0.3 is 4.42 Å². The van der Waals surface area contributed by atoms with Crippen LogP contribution < -0.4 is 0 Å². The summed E-state index contributed by atoms with van der Waals surface area (Å²) in [5, 5.41) is 0. The normalized spacial score (nSPS) is 10.5. The summed E-state index contributed by atoms with van der Waals surface area (Å²) in [5.41, 5.74) is 0.808. The average Bonchev–Trinajstić information content (AvgIpc) is 2.30. The standard InChI is InChI=1S/C8H11NO2/c1-5(2)8-6(3)9-7(4-10)11-8/h4-5H,1-3H3. The highest BCUT2D eigenvalue weighted by Crippen LogP contribution is 2.18. The Hall–Kier alpha value is -1.12. The molecule has 0 saturated heterocycles. The molecule has 11 heavy (non-hydrogen) atoms. The minimum Gasteiger partial charge on any atom is -0.439 e. The van der Waals surface area contributed by atoms with E-state index in [1.165, 1.54) is 0 Å². The fraction of sp³-hybridized carbons (Fsp3) is 0.500. The van der Waals surface area contributed by atoms with Crippen LogP contribution in [-0.2, 0) is 0 Å². The molecule has 1 aromatic heterocycles. The van der Waals surface area contributed by atoms with E-state index in [4.69, 9.17) is 4.42 Å². The Labute approximate surface area is 65.4 Å². The Bertz CT molecular complexity index is 263. The van der Waals surface area contributed by atoms with Gasteiger partial charge in [-0.25, -0.2) is 4.98 Å². The van der Waals surface area contributed by atoms with Crippen molar-refractivity contribution in [1.82, 2.24) is 4.98 Å². The zero-order valence-electron chi connectivity index (χ0n) is 6.92. The molecule has 0 saturated carbocycles.